The molecule has 48 valence electrons. The van der Waals surface area contributed by atoms with Crippen molar-refractivity contribution in [3.63, 3.8) is 0 Å². The lowest BCUT2D eigenvalue weighted by Gasteiger charge is -1.59. The van der Waals surface area contributed by atoms with Gasteiger partial charge in [0.25, 0.3) is 5.97 Å². The number of carboxylic acids is 1. The maximum Gasteiger partial charge on any atom is 0.300 e. The second kappa shape index (κ2) is 18.3. The molecule has 0 atom stereocenters. The summed E-state index contributed by atoms with van der Waals surface area (Å²) in [6.45, 7) is 1.08. The molecule has 0 amide bonds. The van der Waals surface area contributed by atoms with E-state index in [1.807, 2.05) is 0 Å². The van der Waals surface area contributed by atoms with Crippen LogP contribution in [-0.2, 0) is 4.79 Å². The predicted octanol–water partition coefficient (Wildman–Crippen LogP) is -2.38. The van der Waals surface area contributed by atoms with Crippen LogP contribution in [0, 0.1) is 0 Å². The third kappa shape index (κ3) is 142. The van der Waals surface area contributed by atoms with Crippen molar-refractivity contribution in [3.05, 3.63) is 0 Å². The van der Waals surface area contributed by atoms with Gasteiger partial charge in [-0.1, -0.05) is 0 Å². The van der Waals surface area contributed by atoms with Crippen molar-refractivity contribution < 1.29 is 26.3 Å². The van der Waals surface area contributed by atoms with Crippen molar-refractivity contribution in [2.45, 2.75) is 6.92 Å². The fourth-order valence-electron chi connectivity index (χ4n) is 0. The first-order valence-corrected chi connectivity index (χ1v) is 0.928. The van der Waals surface area contributed by atoms with Gasteiger partial charge in [0.2, 0.25) is 0 Å². The van der Waals surface area contributed by atoms with Gasteiger partial charge in [0.15, 0.2) is 0 Å². The highest BCUT2D eigenvalue weighted by atomic mass is 16.4. The van der Waals surface area contributed by atoms with Crippen molar-refractivity contribution >= 4 is 5.97 Å². The van der Waals surface area contributed by atoms with Crippen LogP contribution in [0.2, 0.25) is 0 Å². The molecular formula is C2H10O5. The molecule has 0 aliphatic carbocycles. The number of carboxylic acid groups (broad SMARTS) is 1. The molecule has 0 unspecified atom stereocenters. The smallest absolute Gasteiger partial charge is 0.300 e. The lowest BCUT2D eigenvalue weighted by Crippen LogP contribution is -1.78. The molecule has 0 heterocycles. The molecule has 0 aliphatic rings. The molecule has 5 nitrogen and oxygen atoms in total. The molecule has 7 heavy (non-hydrogen) atoms. The van der Waals surface area contributed by atoms with Gasteiger partial charge >= 0.3 is 0 Å². The number of rotatable bonds is 0. The zero-order chi connectivity index (χ0) is 3.58. The third-order valence-corrected chi connectivity index (χ3v) is 0. The van der Waals surface area contributed by atoms with Crippen molar-refractivity contribution in [2.75, 3.05) is 0 Å². The number of aliphatic carboxylic acids is 1. The minimum absolute atomic E-state index is 0. The van der Waals surface area contributed by atoms with Crippen LogP contribution in [0.5, 0.6) is 0 Å². The van der Waals surface area contributed by atoms with E-state index in [-0.39, 0.29) is 16.4 Å². The topological polar surface area (TPSA) is 132 Å². The minimum Gasteiger partial charge on any atom is -0.481 e. The summed E-state index contributed by atoms with van der Waals surface area (Å²) in [7, 11) is 0. The summed E-state index contributed by atoms with van der Waals surface area (Å²) in [5.41, 5.74) is 0. The molecule has 0 fully saturated rings. The molecule has 0 aliphatic heterocycles. The summed E-state index contributed by atoms with van der Waals surface area (Å²) in [4.78, 5) is 9.00. The first-order valence-electron chi connectivity index (χ1n) is 0.928. The van der Waals surface area contributed by atoms with Crippen LogP contribution in [0.1, 0.15) is 6.92 Å². The Morgan fingerprint density at radius 2 is 1.29 bits per heavy atom. The van der Waals surface area contributed by atoms with Gasteiger partial charge in [-0.3, -0.25) is 4.79 Å². The summed E-state index contributed by atoms with van der Waals surface area (Å²) in [6.07, 6.45) is 0. The van der Waals surface area contributed by atoms with Crippen molar-refractivity contribution in [2.24, 2.45) is 0 Å². The Morgan fingerprint density at radius 3 is 1.29 bits per heavy atom. The van der Waals surface area contributed by atoms with Gasteiger partial charge in [0.1, 0.15) is 0 Å². The number of carbonyl (C=O) groups is 1. The summed E-state index contributed by atoms with van der Waals surface area (Å²) in [6, 6.07) is 0. The molecule has 7 N–H and O–H groups in total. The molecular weight excluding hydrogens is 104 g/mol. The molecule has 0 spiro atoms. The summed E-state index contributed by atoms with van der Waals surface area (Å²) >= 11 is 0. The monoisotopic (exact) mass is 114 g/mol. The van der Waals surface area contributed by atoms with Crippen LogP contribution in [0.25, 0.3) is 0 Å². The molecule has 0 aromatic rings. The molecule has 0 aromatic carbocycles. The van der Waals surface area contributed by atoms with Gasteiger partial charge in [-0.25, -0.2) is 0 Å². The zero-order valence-electron chi connectivity index (χ0n) is 3.86. The Morgan fingerprint density at radius 1 is 1.29 bits per heavy atom. The Hall–Kier alpha value is -0.650. The fourth-order valence-corrected chi connectivity index (χ4v) is 0. The normalized spacial score (nSPS) is 3.57. The van der Waals surface area contributed by atoms with Crippen LogP contribution >= 0.6 is 0 Å². The highest BCUT2D eigenvalue weighted by Gasteiger charge is 1.65. The molecule has 0 aromatic heterocycles. The van der Waals surface area contributed by atoms with Crippen LogP contribution in [0.4, 0.5) is 0 Å². The van der Waals surface area contributed by atoms with Gasteiger partial charge in [-0.05, 0) is 0 Å². The van der Waals surface area contributed by atoms with E-state index >= 15 is 0 Å². The Labute approximate surface area is 40.5 Å². The SMILES string of the molecule is CC(=O)O.O.O.O. The Bertz CT molecular complexity index is 29.1. The average Bonchev–Trinajstić information content (AvgIpc) is 0.811. The van der Waals surface area contributed by atoms with E-state index in [1.54, 1.807) is 0 Å². The van der Waals surface area contributed by atoms with Crippen LogP contribution in [0.15, 0.2) is 0 Å². The van der Waals surface area contributed by atoms with Gasteiger partial charge in [-0.15, -0.1) is 0 Å². The summed E-state index contributed by atoms with van der Waals surface area (Å²) < 4.78 is 0. The molecule has 0 saturated heterocycles. The molecule has 0 bridgehead atoms. The number of hydrogen-bond donors (Lipinski definition) is 1. The Balaban J connectivity index is -0.0000000150. The predicted molar refractivity (Wildman–Crippen MR) is 24.2 cm³/mol. The molecule has 0 rings (SSSR count). The van der Waals surface area contributed by atoms with Gasteiger partial charge in [0, 0.05) is 6.92 Å². The van der Waals surface area contributed by atoms with E-state index in [2.05, 4.69) is 0 Å². The average molecular weight is 114 g/mol. The second-order valence-electron chi connectivity index (χ2n) is 0.519. The quantitative estimate of drug-likeness (QED) is 0.376. The first kappa shape index (κ1) is 32.9. The fraction of sp³-hybridized carbons (Fsp3) is 0.500. The maximum absolute atomic E-state index is 9.00. The standard InChI is InChI=1S/C2H4O2.3H2O/c1-2(3)4;;;/h1H3,(H,3,4);3*1H2. The maximum atomic E-state index is 9.00. The summed E-state index contributed by atoms with van der Waals surface area (Å²) in [5, 5.41) is 7.42. The lowest BCUT2D eigenvalue weighted by atomic mass is 10.9. The van der Waals surface area contributed by atoms with Gasteiger partial charge in [-0.2, -0.15) is 0 Å². The summed E-state index contributed by atoms with van der Waals surface area (Å²) in [5.74, 6) is -0.833. The van der Waals surface area contributed by atoms with Gasteiger partial charge in [0.05, 0.1) is 0 Å². The highest BCUT2D eigenvalue weighted by Crippen LogP contribution is 1.42. The van der Waals surface area contributed by atoms with E-state index in [9.17, 15) is 0 Å². The highest BCUT2D eigenvalue weighted by molar-refractivity contribution is 5.62. The van der Waals surface area contributed by atoms with Crippen molar-refractivity contribution in [1.29, 1.82) is 0 Å². The van der Waals surface area contributed by atoms with E-state index in [0.29, 0.717) is 0 Å². The van der Waals surface area contributed by atoms with Crippen molar-refractivity contribution in [1.82, 2.24) is 0 Å². The lowest BCUT2D eigenvalue weighted by molar-refractivity contribution is -0.134. The second-order valence-corrected chi connectivity index (χ2v) is 0.519. The van der Waals surface area contributed by atoms with E-state index in [4.69, 9.17) is 9.90 Å². The first-order chi connectivity index (χ1) is 1.73. The minimum atomic E-state index is -0.833. The molecule has 5 heteroatoms. The van der Waals surface area contributed by atoms with E-state index < -0.39 is 5.97 Å². The van der Waals surface area contributed by atoms with E-state index in [0.717, 1.165) is 6.92 Å². The molecule has 0 saturated carbocycles. The van der Waals surface area contributed by atoms with Gasteiger partial charge < -0.3 is 21.5 Å². The van der Waals surface area contributed by atoms with Crippen LogP contribution < -0.4 is 0 Å². The van der Waals surface area contributed by atoms with E-state index in [1.165, 1.54) is 0 Å². The Kier molecular flexibility index (Phi) is 86.2. The van der Waals surface area contributed by atoms with Crippen molar-refractivity contribution in [3.8, 4) is 0 Å². The largest absolute Gasteiger partial charge is 0.481 e. The zero-order valence-corrected chi connectivity index (χ0v) is 3.86. The third-order valence-electron chi connectivity index (χ3n) is 0. The number of hydrogen-bond acceptors (Lipinski definition) is 1. The van der Waals surface area contributed by atoms with Crippen LogP contribution in [0.3, 0.4) is 0 Å². The molecule has 0 radical (unpaired) electrons. The van der Waals surface area contributed by atoms with Crippen LogP contribution in [-0.4, -0.2) is 27.5 Å².